The second-order valence-corrected chi connectivity index (χ2v) is 7.64. The molecule has 0 saturated carbocycles. The third-order valence-corrected chi connectivity index (χ3v) is 4.57. The molecular weight excluding hydrogens is 336 g/mol. The van der Waals surface area contributed by atoms with E-state index in [0.717, 1.165) is 21.3 Å². The van der Waals surface area contributed by atoms with Gasteiger partial charge in [-0.3, -0.25) is 4.90 Å². The predicted molar refractivity (Wildman–Crippen MR) is 98.8 cm³/mol. The number of aromatic nitrogens is 3. The second kappa shape index (κ2) is 6.76. The van der Waals surface area contributed by atoms with Crippen molar-refractivity contribution in [2.45, 2.75) is 39.8 Å². The van der Waals surface area contributed by atoms with Gasteiger partial charge in [0.15, 0.2) is 5.82 Å². The summed E-state index contributed by atoms with van der Waals surface area (Å²) in [5.74, 6) is 0.473. The van der Waals surface area contributed by atoms with Crippen LogP contribution in [0.25, 0.3) is 10.2 Å². The number of nitrogens with zero attached hydrogens (tertiary/aromatic N) is 4. The van der Waals surface area contributed by atoms with Gasteiger partial charge in [-0.15, -0.1) is 21.5 Å². The van der Waals surface area contributed by atoms with Crippen molar-refractivity contribution in [3.05, 3.63) is 46.8 Å². The highest BCUT2D eigenvalue weighted by molar-refractivity contribution is 7.18. The first-order valence-corrected chi connectivity index (χ1v) is 8.85. The molecule has 0 spiro atoms. The molecule has 2 aromatic heterocycles. The Kier molecular flexibility index (Phi) is 4.67. The number of thiophene rings is 1. The molecule has 2 heterocycles. The molecule has 130 valence electrons. The molecule has 0 bridgehead atoms. The van der Waals surface area contributed by atoms with E-state index >= 15 is 0 Å². The second-order valence-electron chi connectivity index (χ2n) is 6.76. The standard InChI is InChI=1S/C18H20N4O2S/c1-12-11-25-15-14(12)19-21-20-16(15)22(17(23)24-18(2,3)4)10-13-8-6-5-7-9-13/h5-9,11H,10H2,1-4H3. The lowest BCUT2D eigenvalue weighted by Gasteiger charge is -2.26. The van der Waals surface area contributed by atoms with Gasteiger partial charge in [0.25, 0.3) is 0 Å². The SMILES string of the molecule is Cc1csc2c(N(Cc3ccccc3)C(=O)OC(C)(C)C)nnnc12. The van der Waals surface area contributed by atoms with Gasteiger partial charge in [0.1, 0.15) is 11.1 Å². The zero-order valence-corrected chi connectivity index (χ0v) is 15.5. The minimum atomic E-state index is -0.600. The smallest absolute Gasteiger partial charge is 0.416 e. The summed E-state index contributed by atoms with van der Waals surface area (Å²) in [6.07, 6.45) is -0.454. The van der Waals surface area contributed by atoms with Gasteiger partial charge in [-0.05, 0) is 49.4 Å². The number of anilines is 1. The van der Waals surface area contributed by atoms with Crippen molar-refractivity contribution >= 4 is 33.5 Å². The Morgan fingerprint density at radius 3 is 2.60 bits per heavy atom. The zero-order chi connectivity index (χ0) is 18.0. The van der Waals surface area contributed by atoms with E-state index in [1.54, 1.807) is 0 Å². The van der Waals surface area contributed by atoms with Crippen LogP contribution in [0.3, 0.4) is 0 Å². The average Bonchev–Trinajstić information content (AvgIpc) is 2.94. The normalized spacial score (nSPS) is 11.5. The van der Waals surface area contributed by atoms with Gasteiger partial charge in [-0.2, -0.15) is 0 Å². The molecule has 0 aliphatic heterocycles. The number of benzene rings is 1. The number of ether oxygens (including phenoxy) is 1. The Balaban J connectivity index is 2.04. The maximum absolute atomic E-state index is 12.8. The van der Waals surface area contributed by atoms with Crippen molar-refractivity contribution in [1.29, 1.82) is 0 Å². The van der Waals surface area contributed by atoms with E-state index in [9.17, 15) is 4.79 Å². The Morgan fingerprint density at radius 1 is 1.20 bits per heavy atom. The van der Waals surface area contributed by atoms with Gasteiger partial charge < -0.3 is 4.74 Å². The molecule has 3 rings (SSSR count). The van der Waals surface area contributed by atoms with Gasteiger partial charge in [-0.1, -0.05) is 30.3 Å². The predicted octanol–water partition coefficient (Wildman–Crippen LogP) is 4.34. The number of hydrogen-bond acceptors (Lipinski definition) is 6. The molecule has 25 heavy (non-hydrogen) atoms. The van der Waals surface area contributed by atoms with Crippen molar-refractivity contribution in [1.82, 2.24) is 15.4 Å². The fourth-order valence-corrected chi connectivity index (χ4v) is 3.34. The van der Waals surface area contributed by atoms with Crippen molar-refractivity contribution in [3.63, 3.8) is 0 Å². The summed E-state index contributed by atoms with van der Waals surface area (Å²) >= 11 is 1.50. The van der Waals surface area contributed by atoms with Crippen LogP contribution in [0.5, 0.6) is 0 Å². The van der Waals surface area contributed by atoms with Crippen LogP contribution in [0.15, 0.2) is 35.7 Å². The Labute approximate surface area is 150 Å². The van der Waals surface area contributed by atoms with Crippen molar-refractivity contribution in [2.24, 2.45) is 0 Å². The monoisotopic (exact) mass is 356 g/mol. The first kappa shape index (κ1) is 17.3. The van der Waals surface area contributed by atoms with Crippen LogP contribution in [0.4, 0.5) is 10.6 Å². The van der Waals surface area contributed by atoms with E-state index in [-0.39, 0.29) is 0 Å². The molecule has 0 atom stereocenters. The minimum Gasteiger partial charge on any atom is -0.443 e. The number of fused-ring (bicyclic) bond motifs is 1. The summed E-state index contributed by atoms with van der Waals surface area (Å²) in [6.45, 7) is 7.84. The molecule has 0 unspecified atom stereocenters. The van der Waals surface area contributed by atoms with Gasteiger partial charge in [0.2, 0.25) is 0 Å². The van der Waals surface area contributed by atoms with Crippen LogP contribution >= 0.6 is 11.3 Å². The maximum atomic E-state index is 12.8. The number of carbonyl (C=O) groups excluding carboxylic acids is 1. The van der Waals surface area contributed by atoms with Gasteiger partial charge in [-0.25, -0.2) is 4.79 Å². The number of hydrogen-bond donors (Lipinski definition) is 0. The lowest BCUT2D eigenvalue weighted by Crippen LogP contribution is -2.37. The minimum absolute atomic E-state index is 0.348. The fourth-order valence-electron chi connectivity index (χ4n) is 2.36. The largest absolute Gasteiger partial charge is 0.443 e. The number of amides is 1. The Bertz CT molecular complexity index is 887. The van der Waals surface area contributed by atoms with Crippen molar-refractivity contribution in [2.75, 3.05) is 4.90 Å². The molecule has 1 aromatic carbocycles. The first-order valence-electron chi connectivity index (χ1n) is 7.97. The molecular formula is C18H20N4O2S. The zero-order valence-electron chi connectivity index (χ0n) is 14.7. The molecule has 0 aliphatic carbocycles. The van der Waals surface area contributed by atoms with E-state index in [1.165, 1.54) is 16.2 Å². The van der Waals surface area contributed by atoms with Crippen LogP contribution in [0.2, 0.25) is 0 Å². The number of aryl methyl sites for hydroxylation is 1. The average molecular weight is 356 g/mol. The first-order chi connectivity index (χ1) is 11.8. The number of carbonyl (C=O) groups is 1. The van der Waals surface area contributed by atoms with E-state index in [1.807, 2.05) is 63.4 Å². The third-order valence-electron chi connectivity index (χ3n) is 3.48. The van der Waals surface area contributed by atoms with Crippen LogP contribution in [-0.2, 0) is 11.3 Å². The Morgan fingerprint density at radius 2 is 1.92 bits per heavy atom. The molecule has 0 aliphatic rings. The maximum Gasteiger partial charge on any atom is 0.416 e. The van der Waals surface area contributed by atoms with Crippen LogP contribution in [-0.4, -0.2) is 27.1 Å². The van der Waals surface area contributed by atoms with E-state index in [0.29, 0.717) is 12.4 Å². The van der Waals surface area contributed by atoms with Crippen LogP contribution < -0.4 is 4.90 Å². The summed E-state index contributed by atoms with van der Waals surface area (Å²) < 4.78 is 6.41. The molecule has 6 nitrogen and oxygen atoms in total. The van der Waals surface area contributed by atoms with Crippen LogP contribution in [0.1, 0.15) is 31.9 Å². The lowest BCUT2D eigenvalue weighted by molar-refractivity contribution is 0.0576. The highest BCUT2D eigenvalue weighted by Crippen LogP contribution is 2.31. The molecule has 0 fully saturated rings. The van der Waals surface area contributed by atoms with E-state index in [2.05, 4.69) is 15.4 Å². The highest BCUT2D eigenvalue weighted by atomic mass is 32.1. The molecule has 7 heteroatoms. The lowest BCUT2D eigenvalue weighted by atomic mass is 10.2. The summed E-state index contributed by atoms with van der Waals surface area (Å²) in [4.78, 5) is 14.4. The summed E-state index contributed by atoms with van der Waals surface area (Å²) in [5.41, 5.74) is 2.15. The van der Waals surface area contributed by atoms with Gasteiger partial charge in [0.05, 0.1) is 11.2 Å². The molecule has 3 aromatic rings. The topological polar surface area (TPSA) is 68.2 Å². The molecule has 0 radical (unpaired) electrons. The van der Waals surface area contributed by atoms with E-state index < -0.39 is 11.7 Å². The number of rotatable bonds is 3. The Hall–Kier alpha value is -2.54. The molecule has 1 amide bonds. The third kappa shape index (κ3) is 3.93. The van der Waals surface area contributed by atoms with Crippen molar-refractivity contribution in [3.8, 4) is 0 Å². The quantitative estimate of drug-likeness (QED) is 0.698. The molecule has 0 saturated heterocycles. The summed E-state index contributed by atoms with van der Waals surface area (Å²) in [5, 5.41) is 14.1. The van der Waals surface area contributed by atoms with Crippen molar-refractivity contribution < 1.29 is 9.53 Å². The van der Waals surface area contributed by atoms with Gasteiger partial charge >= 0.3 is 6.09 Å². The summed E-state index contributed by atoms with van der Waals surface area (Å²) in [7, 11) is 0. The highest BCUT2D eigenvalue weighted by Gasteiger charge is 2.27. The summed E-state index contributed by atoms with van der Waals surface area (Å²) in [6, 6.07) is 9.73. The molecule has 0 N–H and O–H groups in total. The van der Waals surface area contributed by atoms with Gasteiger partial charge in [0, 0.05) is 0 Å². The van der Waals surface area contributed by atoms with Crippen LogP contribution in [0, 0.1) is 6.92 Å². The fraction of sp³-hybridized carbons (Fsp3) is 0.333. The van der Waals surface area contributed by atoms with E-state index in [4.69, 9.17) is 4.74 Å².